The fourth-order valence-electron chi connectivity index (χ4n) is 6.32. The molecule has 0 fully saturated rings. The van der Waals surface area contributed by atoms with Crippen molar-refractivity contribution in [1.29, 1.82) is 0 Å². The zero-order chi connectivity index (χ0) is 35.0. The highest BCUT2D eigenvalue weighted by Crippen LogP contribution is 2.19. The van der Waals surface area contributed by atoms with Crippen molar-refractivity contribution in [3.8, 4) is 0 Å². The predicted molar refractivity (Wildman–Crippen MR) is 209 cm³/mol. The number of unbranched alkanes of at least 4 members (excludes halogenated alkanes) is 23. The first-order chi connectivity index (χ1) is 23.6. The fraction of sp³-hybridized carbons (Fsp3) is 0.818. The van der Waals surface area contributed by atoms with Gasteiger partial charge in [-0.25, -0.2) is 0 Å². The van der Waals surface area contributed by atoms with Gasteiger partial charge in [0.05, 0.1) is 0 Å². The van der Waals surface area contributed by atoms with Gasteiger partial charge in [-0.2, -0.15) is 0 Å². The number of ether oxygens (including phenoxy) is 1. The summed E-state index contributed by atoms with van der Waals surface area (Å²) >= 11 is 0. The molecule has 0 aromatic rings. The average Bonchev–Trinajstić information content (AvgIpc) is 3.07. The van der Waals surface area contributed by atoms with E-state index in [0.29, 0.717) is 12.8 Å². The van der Waals surface area contributed by atoms with Crippen LogP contribution >= 0.6 is 0 Å². The van der Waals surface area contributed by atoms with Crippen LogP contribution in [0.5, 0.6) is 0 Å². The Morgan fingerprint density at radius 3 is 1.35 bits per heavy atom. The molecule has 0 aliphatic heterocycles. The number of carboxylic acid groups (broad SMARTS) is 1. The number of carbonyl (C=O) groups is 2. The third-order valence-corrected chi connectivity index (χ3v) is 9.38. The molecule has 0 aromatic carbocycles. The van der Waals surface area contributed by atoms with Crippen molar-refractivity contribution in [1.82, 2.24) is 0 Å². The van der Waals surface area contributed by atoms with E-state index in [0.717, 1.165) is 70.6 Å². The summed E-state index contributed by atoms with van der Waals surface area (Å²) in [6.45, 7) is 4.44. The minimum Gasteiger partial charge on any atom is -0.481 e. The molecule has 0 aromatic heterocycles. The smallest absolute Gasteiger partial charge is 0.306 e. The van der Waals surface area contributed by atoms with Gasteiger partial charge in [-0.3, -0.25) is 9.59 Å². The molecular formula is C44H80O4. The molecular weight excluding hydrogens is 592 g/mol. The van der Waals surface area contributed by atoms with Crippen LogP contribution in [0.2, 0.25) is 0 Å². The molecule has 0 spiro atoms. The fourth-order valence-corrected chi connectivity index (χ4v) is 6.32. The minimum atomic E-state index is -0.686. The largest absolute Gasteiger partial charge is 0.481 e. The molecule has 0 amide bonds. The average molecular weight is 673 g/mol. The van der Waals surface area contributed by atoms with Crippen LogP contribution in [-0.4, -0.2) is 23.1 Å². The zero-order valence-electron chi connectivity index (χ0n) is 32.0. The number of hydrogen-bond donors (Lipinski definition) is 1. The van der Waals surface area contributed by atoms with Crippen LogP contribution in [0.25, 0.3) is 0 Å². The van der Waals surface area contributed by atoms with E-state index in [2.05, 4.69) is 50.3 Å². The molecule has 48 heavy (non-hydrogen) atoms. The Kier molecular flexibility index (Phi) is 38.1. The number of rotatable bonds is 38. The van der Waals surface area contributed by atoms with Crippen LogP contribution in [0.15, 0.2) is 36.5 Å². The highest BCUT2D eigenvalue weighted by atomic mass is 16.5. The molecule has 0 saturated carbocycles. The number of esters is 1. The number of aliphatic carboxylic acids is 1. The van der Waals surface area contributed by atoms with Crippen molar-refractivity contribution in [3.05, 3.63) is 36.5 Å². The lowest BCUT2D eigenvalue weighted by atomic mass is 10.0. The Labute approximate surface area is 299 Å². The molecule has 4 heteroatoms. The Morgan fingerprint density at radius 1 is 0.479 bits per heavy atom. The van der Waals surface area contributed by atoms with Gasteiger partial charge in [0.2, 0.25) is 0 Å². The van der Waals surface area contributed by atoms with Gasteiger partial charge in [0.15, 0.2) is 0 Å². The molecule has 1 N–H and O–H groups in total. The molecule has 1 unspecified atom stereocenters. The van der Waals surface area contributed by atoms with E-state index in [9.17, 15) is 9.59 Å². The highest BCUT2D eigenvalue weighted by molar-refractivity contribution is 5.69. The second-order valence-electron chi connectivity index (χ2n) is 14.2. The highest BCUT2D eigenvalue weighted by Gasteiger charge is 2.14. The summed E-state index contributed by atoms with van der Waals surface area (Å²) in [5, 5.41) is 8.77. The van der Waals surface area contributed by atoms with E-state index in [4.69, 9.17) is 9.84 Å². The Balaban J connectivity index is 3.97. The van der Waals surface area contributed by atoms with E-state index in [-0.39, 0.29) is 12.1 Å². The van der Waals surface area contributed by atoms with E-state index < -0.39 is 5.97 Å². The molecule has 0 heterocycles. The van der Waals surface area contributed by atoms with Crippen LogP contribution in [-0.2, 0) is 14.3 Å². The minimum absolute atomic E-state index is 0.0172. The summed E-state index contributed by atoms with van der Waals surface area (Å²) in [4.78, 5) is 23.4. The lowest BCUT2D eigenvalue weighted by Gasteiger charge is -2.18. The van der Waals surface area contributed by atoms with E-state index in [1.165, 1.54) is 128 Å². The molecule has 1 atom stereocenters. The van der Waals surface area contributed by atoms with Gasteiger partial charge in [0.25, 0.3) is 0 Å². The predicted octanol–water partition coefficient (Wildman–Crippen LogP) is 14.6. The standard InChI is InChI=1S/C44H80O4/c1-3-5-7-9-11-13-14-15-16-17-18-19-20-21-22-24-29-33-37-41-44(47)48-42(38-34-30-26-23-12-10-8-6-4-2)39-35-31-27-25-28-32-36-40-43(45)46/h5,7,11,13,15-16,42H,3-4,6,8-10,12,14,17-41H2,1-2H3,(H,45,46)/b7-5-,13-11-,16-15-. The first-order valence-electron chi connectivity index (χ1n) is 21.0. The molecule has 0 bridgehead atoms. The van der Waals surface area contributed by atoms with Crippen molar-refractivity contribution < 1.29 is 19.4 Å². The van der Waals surface area contributed by atoms with Crippen LogP contribution in [0.1, 0.15) is 226 Å². The summed E-state index contributed by atoms with van der Waals surface area (Å²) < 4.78 is 6.04. The van der Waals surface area contributed by atoms with Gasteiger partial charge in [0.1, 0.15) is 6.10 Å². The second kappa shape index (κ2) is 39.6. The van der Waals surface area contributed by atoms with Crippen LogP contribution < -0.4 is 0 Å². The molecule has 0 aliphatic carbocycles. The van der Waals surface area contributed by atoms with Gasteiger partial charge in [-0.15, -0.1) is 0 Å². The monoisotopic (exact) mass is 673 g/mol. The lowest BCUT2D eigenvalue weighted by Crippen LogP contribution is -2.18. The zero-order valence-corrected chi connectivity index (χ0v) is 32.0. The number of allylic oxidation sites excluding steroid dienone is 6. The topological polar surface area (TPSA) is 63.6 Å². The SMILES string of the molecule is CC/C=C\C/C=C\C/C=C\CCCCCCCCCCCC(=O)OC(CCCCCCCCCCC)CCCCCCCCCC(=O)O. The van der Waals surface area contributed by atoms with Crippen molar-refractivity contribution in [2.45, 2.75) is 232 Å². The molecule has 280 valence electrons. The van der Waals surface area contributed by atoms with Crippen LogP contribution in [0.3, 0.4) is 0 Å². The maximum absolute atomic E-state index is 12.7. The molecule has 0 rings (SSSR count). The molecule has 4 nitrogen and oxygen atoms in total. The van der Waals surface area contributed by atoms with Crippen molar-refractivity contribution in [2.24, 2.45) is 0 Å². The third kappa shape index (κ3) is 38.6. The van der Waals surface area contributed by atoms with E-state index in [1.807, 2.05) is 0 Å². The Bertz CT molecular complexity index is 768. The third-order valence-electron chi connectivity index (χ3n) is 9.38. The molecule has 0 radical (unpaired) electrons. The quantitative estimate of drug-likeness (QED) is 0.0403. The van der Waals surface area contributed by atoms with Crippen LogP contribution in [0.4, 0.5) is 0 Å². The van der Waals surface area contributed by atoms with Crippen molar-refractivity contribution >= 4 is 11.9 Å². The number of carbonyl (C=O) groups excluding carboxylic acids is 1. The summed E-state index contributed by atoms with van der Waals surface area (Å²) in [6.07, 6.45) is 51.7. The Hall–Kier alpha value is -1.84. The Morgan fingerprint density at radius 2 is 0.875 bits per heavy atom. The number of hydrogen-bond acceptors (Lipinski definition) is 3. The maximum atomic E-state index is 12.7. The van der Waals surface area contributed by atoms with Crippen molar-refractivity contribution in [3.63, 3.8) is 0 Å². The van der Waals surface area contributed by atoms with Gasteiger partial charge in [-0.05, 0) is 70.6 Å². The molecule has 0 saturated heterocycles. The lowest BCUT2D eigenvalue weighted by molar-refractivity contribution is -0.150. The maximum Gasteiger partial charge on any atom is 0.306 e. The summed E-state index contributed by atoms with van der Waals surface area (Å²) in [5.41, 5.74) is 0. The first kappa shape index (κ1) is 46.2. The van der Waals surface area contributed by atoms with Crippen molar-refractivity contribution in [2.75, 3.05) is 0 Å². The van der Waals surface area contributed by atoms with Gasteiger partial charge in [0, 0.05) is 12.8 Å². The van der Waals surface area contributed by atoms with Gasteiger partial charge >= 0.3 is 11.9 Å². The van der Waals surface area contributed by atoms with Gasteiger partial charge in [-0.1, -0.05) is 179 Å². The normalized spacial score (nSPS) is 12.5. The summed E-state index contributed by atoms with van der Waals surface area (Å²) in [6, 6.07) is 0. The first-order valence-corrected chi connectivity index (χ1v) is 21.0. The number of carboxylic acids is 1. The molecule has 0 aliphatic rings. The van der Waals surface area contributed by atoms with Crippen LogP contribution in [0, 0.1) is 0 Å². The summed E-state index contributed by atoms with van der Waals surface area (Å²) in [7, 11) is 0. The van der Waals surface area contributed by atoms with Gasteiger partial charge < -0.3 is 9.84 Å². The van der Waals surface area contributed by atoms with E-state index >= 15 is 0 Å². The second-order valence-corrected chi connectivity index (χ2v) is 14.2. The summed E-state index contributed by atoms with van der Waals surface area (Å²) in [5.74, 6) is -0.669. The van der Waals surface area contributed by atoms with E-state index in [1.54, 1.807) is 0 Å².